The summed E-state index contributed by atoms with van der Waals surface area (Å²) in [6.45, 7) is 3.72. The van der Waals surface area contributed by atoms with Crippen molar-refractivity contribution in [2.75, 3.05) is 5.75 Å². The fourth-order valence-corrected chi connectivity index (χ4v) is 2.79. The molecule has 0 saturated carbocycles. The number of hydrogen-bond acceptors (Lipinski definition) is 5. The molecule has 1 aromatic heterocycles. The molecule has 106 valence electrons. The molecular weight excluding hydrogens is 297 g/mol. The lowest BCUT2D eigenvalue weighted by atomic mass is 10.4. The predicted molar refractivity (Wildman–Crippen MR) is 71.6 cm³/mol. The van der Waals surface area contributed by atoms with Crippen molar-refractivity contribution in [1.82, 2.24) is 4.98 Å². The van der Waals surface area contributed by atoms with Crippen molar-refractivity contribution in [1.29, 1.82) is 0 Å². The standard InChI is InChI=1S/C11H13F3N2OS2/c1-7(2)17-16-6-8-5-15-11(19-8)18-4-3-9(12)10(13)14/h5-7H,3-4H2,1-2H3/b16-6-. The van der Waals surface area contributed by atoms with Gasteiger partial charge in [0.1, 0.15) is 10.4 Å². The molecule has 3 nitrogen and oxygen atoms in total. The lowest BCUT2D eigenvalue weighted by Crippen LogP contribution is -1.95. The molecule has 1 aromatic rings. The molecule has 8 heteroatoms. The first-order valence-electron chi connectivity index (χ1n) is 5.46. The Labute approximate surface area is 117 Å². The van der Waals surface area contributed by atoms with Crippen molar-refractivity contribution in [2.24, 2.45) is 5.16 Å². The Bertz CT molecular complexity index is 457. The molecule has 19 heavy (non-hydrogen) atoms. The van der Waals surface area contributed by atoms with Crippen LogP contribution in [0.25, 0.3) is 0 Å². The maximum atomic E-state index is 12.5. The van der Waals surface area contributed by atoms with E-state index in [9.17, 15) is 13.2 Å². The van der Waals surface area contributed by atoms with Crippen LogP contribution in [0.5, 0.6) is 0 Å². The van der Waals surface area contributed by atoms with Crippen LogP contribution in [0.1, 0.15) is 25.1 Å². The average Bonchev–Trinajstić information content (AvgIpc) is 2.76. The van der Waals surface area contributed by atoms with Crippen LogP contribution < -0.4 is 0 Å². The highest BCUT2D eigenvalue weighted by molar-refractivity contribution is 8.01. The van der Waals surface area contributed by atoms with Gasteiger partial charge in [-0.15, -0.1) is 11.3 Å². The third-order valence-electron chi connectivity index (χ3n) is 1.71. The van der Waals surface area contributed by atoms with Gasteiger partial charge in [-0.1, -0.05) is 16.9 Å². The highest BCUT2D eigenvalue weighted by Crippen LogP contribution is 2.26. The van der Waals surface area contributed by atoms with Crippen LogP contribution in [0, 0.1) is 0 Å². The second-order valence-corrected chi connectivity index (χ2v) is 6.09. The Hall–Kier alpha value is -1.02. The Morgan fingerprint density at radius 3 is 2.89 bits per heavy atom. The summed E-state index contributed by atoms with van der Waals surface area (Å²) < 4.78 is 36.8. The number of thioether (sulfide) groups is 1. The third-order valence-corrected chi connectivity index (χ3v) is 3.80. The van der Waals surface area contributed by atoms with Crippen molar-refractivity contribution < 1.29 is 18.0 Å². The highest BCUT2D eigenvalue weighted by atomic mass is 32.2. The van der Waals surface area contributed by atoms with Gasteiger partial charge in [-0.3, -0.25) is 0 Å². The van der Waals surface area contributed by atoms with Crippen LogP contribution in [0.4, 0.5) is 13.2 Å². The van der Waals surface area contributed by atoms with Gasteiger partial charge in [0.05, 0.1) is 11.1 Å². The summed E-state index contributed by atoms with van der Waals surface area (Å²) in [6, 6.07) is 0. The molecule has 0 radical (unpaired) electrons. The van der Waals surface area contributed by atoms with Gasteiger partial charge < -0.3 is 4.84 Å². The average molecular weight is 310 g/mol. The lowest BCUT2D eigenvalue weighted by molar-refractivity contribution is 0.0874. The molecule has 1 heterocycles. The number of rotatable bonds is 7. The van der Waals surface area contributed by atoms with Crippen LogP contribution in [-0.2, 0) is 4.84 Å². The lowest BCUT2D eigenvalue weighted by Gasteiger charge is -1.98. The summed E-state index contributed by atoms with van der Waals surface area (Å²) in [5.74, 6) is -1.15. The van der Waals surface area contributed by atoms with Crippen molar-refractivity contribution in [3.05, 3.63) is 23.0 Å². The fraction of sp³-hybridized carbons (Fsp3) is 0.455. The predicted octanol–water partition coefficient (Wildman–Crippen LogP) is 4.46. The Morgan fingerprint density at radius 1 is 1.53 bits per heavy atom. The molecule has 0 aliphatic rings. The topological polar surface area (TPSA) is 34.5 Å². The minimum Gasteiger partial charge on any atom is -0.393 e. The summed E-state index contributed by atoms with van der Waals surface area (Å²) in [7, 11) is 0. The zero-order valence-electron chi connectivity index (χ0n) is 10.4. The van der Waals surface area contributed by atoms with Crippen LogP contribution in [0.3, 0.4) is 0 Å². The molecule has 0 fully saturated rings. The number of hydrogen-bond donors (Lipinski definition) is 0. The van der Waals surface area contributed by atoms with Crippen molar-refractivity contribution >= 4 is 29.3 Å². The van der Waals surface area contributed by atoms with Crippen LogP contribution in [0.15, 0.2) is 27.6 Å². The number of thiazole rings is 1. The van der Waals surface area contributed by atoms with E-state index >= 15 is 0 Å². The van der Waals surface area contributed by atoms with Gasteiger partial charge in [-0.2, -0.15) is 8.78 Å². The maximum absolute atomic E-state index is 12.5. The number of nitrogens with zero attached hydrogens (tertiary/aromatic N) is 2. The van der Waals surface area contributed by atoms with E-state index in [1.807, 2.05) is 13.8 Å². The molecule has 0 unspecified atom stereocenters. The zero-order valence-corrected chi connectivity index (χ0v) is 12.0. The van der Waals surface area contributed by atoms with Crippen molar-refractivity contribution in [3.8, 4) is 0 Å². The fourth-order valence-electron chi connectivity index (χ4n) is 0.923. The van der Waals surface area contributed by atoms with Crippen LogP contribution >= 0.6 is 23.1 Å². The summed E-state index contributed by atoms with van der Waals surface area (Å²) in [5, 5.41) is 3.76. The first-order chi connectivity index (χ1) is 8.99. The van der Waals surface area contributed by atoms with E-state index in [1.165, 1.54) is 29.3 Å². The monoisotopic (exact) mass is 310 g/mol. The Kier molecular flexibility index (Phi) is 6.93. The van der Waals surface area contributed by atoms with E-state index in [0.717, 1.165) is 4.88 Å². The summed E-state index contributed by atoms with van der Waals surface area (Å²) in [5.41, 5.74) is 0. The van der Waals surface area contributed by atoms with Gasteiger partial charge in [0, 0.05) is 18.4 Å². The van der Waals surface area contributed by atoms with Gasteiger partial charge in [0.15, 0.2) is 5.83 Å². The van der Waals surface area contributed by atoms with Gasteiger partial charge in [-0.25, -0.2) is 9.37 Å². The van der Waals surface area contributed by atoms with E-state index in [-0.39, 0.29) is 18.3 Å². The van der Waals surface area contributed by atoms with Crippen molar-refractivity contribution in [2.45, 2.75) is 30.7 Å². The Morgan fingerprint density at radius 2 is 2.26 bits per heavy atom. The quantitative estimate of drug-likeness (QED) is 0.423. The van der Waals surface area contributed by atoms with Crippen LogP contribution in [0.2, 0.25) is 0 Å². The summed E-state index contributed by atoms with van der Waals surface area (Å²) in [6.07, 6.45) is 0.583. The minimum atomic E-state index is -2.25. The van der Waals surface area contributed by atoms with Gasteiger partial charge in [0.2, 0.25) is 0 Å². The van der Waals surface area contributed by atoms with E-state index in [0.29, 0.717) is 4.34 Å². The summed E-state index contributed by atoms with van der Waals surface area (Å²) in [4.78, 5) is 9.85. The highest BCUT2D eigenvalue weighted by Gasteiger charge is 2.06. The zero-order chi connectivity index (χ0) is 14.3. The van der Waals surface area contributed by atoms with Crippen molar-refractivity contribution in [3.63, 3.8) is 0 Å². The van der Waals surface area contributed by atoms with E-state index in [2.05, 4.69) is 10.1 Å². The van der Waals surface area contributed by atoms with Gasteiger partial charge >= 0.3 is 6.08 Å². The SMILES string of the molecule is CC(C)O/N=C\c1cnc(SCCC(F)=C(F)F)s1. The van der Waals surface area contributed by atoms with Crippen LogP contribution in [-0.4, -0.2) is 23.1 Å². The van der Waals surface area contributed by atoms with E-state index < -0.39 is 11.9 Å². The molecule has 0 aromatic carbocycles. The first kappa shape index (κ1) is 16.0. The van der Waals surface area contributed by atoms with Gasteiger partial charge in [-0.05, 0) is 13.8 Å². The number of halogens is 3. The smallest absolute Gasteiger partial charge is 0.301 e. The largest absolute Gasteiger partial charge is 0.393 e. The third kappa shape index (κ3) is 6.63. The second kappa shape index (κ2) is 8.21. The molecule has 0 spiro atoms. The number of oxime groups is 1. The van der Waals surface area contributed by atoms with Gasteiger partial charge in [0.25, 0.3) is 0 Å². The molecule has 0 amide bonds. The molecule has 1 rings (SSSR count). The molecule has 0 aliphatic heterocycles. The van der Waals surface area contributed by atoms with E-state index in [4.69, 9.17) is 4.84 Å². The first-order valence-corrected chi connectivity index (χ1v) is 7.26. The number of allylic oxidation sites excluding steroid dienone is 1. The maximum Gasteiger partial charge on any atom is 0.301 e. The summed E-state index contributed by atoms with van der Waals surface area (Å²) >= 11 is 2.57. The molecule has 0 bridgehead atoms. The molecular formula is C11H13F3N2OS2. The normalized spacial score (nSPS) is 11.3. The molecule has 0 saturated heterocycles. The molecule has 0 aliphatic carbocycles. The number of aromatic nitrogens is 1. The van der Waals surface area contributed by atoms with E-state index in [1.54, 1.807) is 6.20 Å². The molecule has 0 N–H and O–H groups in total. The Balaban J connectivity index is 2.39. The molecule has 0 atom stereocenters. The minimum absolute atomic E-state index is 0.00313. The second-order valence-electron chi connectivity index (χ2n) is 3.68.